The smallest absolute Gasteiger partial charge is 0.243 e. The van der Waals surface area contributed by atoms with Gasteiger partial charge in [-0.2, -0.15) is 4.31 Å². The first-order valence-electron chi connectivity index (χ1n) is 7.53. The van der Waals surface area contributed by atoms with Crippen LogP contribution in [-0.2, 0) is 14.8 Å². The lowest BCUT2D eigenvalue weighted by molar-refractivity contribution is -0.113. The Morgan fingerprint density at radius 2 is 1.95 bits per heavy atom. The summed E-state index contributed by atoms with van der Waals surface area (Å²) in [7, 11) is -1.85. The van der Waals surface area contributed by atoms with E-state index < -0.39 is 10.0 Å². The number of nitrogens with zero attached hydrogens (tertiary/aromatic N) is 1. The molecule has 0 saturated heterocycles. The minimum Gasteiger partial charge on any atom is -0.324 e. The van der Waals surface area contributed by atoms with E-state index in [1.54, 1.807) is 25.2 Å². The van der Waals surface area contributed by atoms with E-state index >= 15 is 0 Å². The summed E-state index contributed by atoms with van der Waals surface area (Å²) >= 11 is 1.43. The number of sulfonamides is 1. The number of anilines is 1. The fourth-order valence-electron chi connectivity index (χ4n) is 3.03. The molecule has 0 radical (unpaired) electrons. The molecule has 1 aromatic carbocycles. The minimum absolute atomic E-state index is 0.0822. The first kappa shape index (κ1) is 15.8. The number of amides is 1. The second-order valence-corrected chi connectivity index (χ2v) is 8.82. The zero-order valence-electron chi connectivity index (χ0n) is 12.5. The highest BCUT2D eigenvalue weighted by Crippen LogP contribution is 2.34. The number of fused-ring (bicyclic) bond motifs is 1. The lowest BCUT2D eigenvalue weighted by Gasteiger charge is -2.30. The molecule has 7 heteroatoms. The Labute approximate surface area is 135 Å². The number of carbonyl (C=O) groups is 1. The second-order valence-electron chi connectivity index (χ2n) is 5.81. The monoisotopic (exact) mass is 340 g/mol. The molecule has 0 unspecified atom stereocenters. The van der Waals surface area contributed by atoms with Crippen molar-refractivity contribution in [2.24, 2.45) is 0 Å². The maximum atomic E-state index is 12.8. The van der Waals surface area contributed by atoms with Gasteiger partial charge in [-0.25, -0.2) is 8.42 Å². The zero-order chi connectivity index (χ0) is 15.7. The van der Waals surface area contributed by atoms with Gasteiger partial charge in [-0.3, -0.25) is 4.79 Å². The van der Waals surface area contributed by atoms with Crippen LogP contribution in [0.5, 0.6) is 0 Å². The zero-order valence-corrected chi connectivity index (χ0v) is 14.2. The first-order valence-corrected chi connectivity index (χ1v) is 9.96. The summed E-state index contributed by atoms with van der Waals surface area (Å²) in [5.41, 5.74) is 0.597. The number of nitrogens with one attached hydrogen (secondary N) is 1. The number of thioether (sulfide) groups is 1. The Kier molecular flexibility index (Phi) is 4.47. The quantitative estimate of drug-likeness (QED) is 0.919. The van der Waals surface area contributed by atoms with Gasteiger partial charge < -0.3 is 5.32 Å². The molecular formula is C15H20N2O3S2. The SMILES string of the molecule is CN(C1CCCCC1)S(=O)(=O)c1ccc2c(c1)NC(=O)CS2. The third kappa shape index (κ3) is 3.02. The molecule has 0 spiro atoms. The normalized spacial score (nSPS) is 19.8. The number of rotatable bonds is 3. The van der Waals surface area contributed by atoms with Gasteiger partial charge in [0, 0.05) is 18.0 Å². The second kappa shape index (κ2) is 6.22. The van der Waals surface area contributed by atoms with Gasteiger partial charge in [0.25, 0.3) is 0 Å². The molecule has 1 aliphatic carbocycles. The summed E-state index contributed by atoms with van der Waals surface area (Å²) in [6.45, 7) is 0. The van der Waals surface area contributed by atoms with Gasteiger partial charge in [0.2, 0.25) is 15.9 Å². The number of hydrogen-bond donors (Lipinski definition) is 1. The van der Waals surface area contributed by atoms with Gasteiger partial charge in [0.1, 0.15) is 0 Å². The average molecular weight is 340 g/mol. The van der Waals surface area contributed by atoms with E-state index in [0.29, 0.717) is 11.4 Å². The lowest BCUT2D eigenvalue weighted by atomic mass is 9.96. The van der Waals surface area contributed by atoms with Crippen LogP contribution in [-0.4, -0.2) is 37.5 Å². The third-order valence-electron chi connectivity index (χ3n) is 4.35. The maximum absolute atomic E-state index is 12.8. The molecule has 120 valence electrons. The van der Waals surface area contributed by atoms with E-state index in [1.807, 2.05) is 0 Å². The highest BCUT2D eigenvalue weighted by molar-refractivity contribution is 8.00. The highest BCUT2D eigenvalue weighted by atomic mass is 32.2. The molecule has 1 aromatic rings. The van der Waals surface area contributed by atoms with Gasteiger partial charge in [0.05, 0.1) is 16.3 Å². The van der Waals surface area contributed by atoms with E-state index in [1.165, 1.54) is 22.5 Å². The molecule has 1 aliphatic heterocycles. The summed E-state index contributed by atoms with van der Waals surface area (Å²) in [5, 5.41) is 2.75. The van der Waals surface area contributed by atoms with Crippen molar-refractivity contribution in [3.63, 3.8) is 0 Å². The van der Waals surface area contributed by atoms with Gasteiger partial charge in [-0.1, -0.05) is 19.3 Å². The predicted molar refractivity (Wildman–Crippen MR) is 87.6 cm³/mol. The van der Waals surface area contributed by atoms with E-state index in [2.05, 4.69) is 5.32 Å². The van der Waals surface area contributed by atoms with Crippen LogP contribution in [0.25, 0.3) is 0 Å². The molecule has 0 bridgehead atoms. The molecular weight excluding hydrogens is 320 g/mol. The Morgan fingerprint density at radius 3 is 2.68 bits per heavy atom. The van der Waals surface area contributed by atoms with Crippen molar-refractivity contribution in [3.05, 3.63) is 18.2 Å². The molecule has 1 fully saturated rings. The number of carbonyl (C=O) groups excluding carboxylic acids is 1. The summed E-state index contributed by atoms with van der Waals surface area (Å²) in [4.78, 5) is 12.6. The van der Waals surface area contributed by atoms with Crippen molar-refractivity contribution in [1.29, 1.82) is 0 Å². The summed E-state index contributed by atoms with van der Waals surface area (Å²) in [5.74, 6) is 0.286. The first-order chi connectivity index (χ1) is 10.5. The van der Waals surface area contributed by atoms with Crippen LogP contribution in [0.2, 0.25) is 0 Å². The van der Waals surface area contributed by atoms with Gasteiger partial charge in [-0.15, -0.1) is 11.8 Å². The van der Waals surface area contributed by atoms with Gasteiger partial charge >= 0.3 is 0 Å². The number of benzene rings is 1. The Balaban J connectivity index is 1.88. The summed E-state index contributed by atoms with van der Waals surface area (Å²) in [6.07, 6.45) is 5.20. The van der Waals surface area contributed by atoms with Crippen LogP contribution in [0.1, 0.15) is 32.1 Å². The van der Waals surface area contributed by atoms with Crippen LogP contribution in [0.15, 0.2) is 28.0 Å². The Morgan fingerprint density at radius 1 is 1.23 bits per heavy atom. The minimum atomic E-state index is -3.52. The van der Waals surface area contributed by atoms with E-state index in [0.717, 1.165) is 30.6 Å². The van der Waals surface area contributed by atoms with Crippen LogP contribution in [0.3, 0.4) is 0 Å². The Bertz CT molecular complexity index is 682. The fraction of sp³-hybridized carbons (Fsp3) is 0.533. The van der Waals surface area contributed by atoms with Gasteiger partial charge in [-0.05, 0) is 31.0 Å². The molecule has 0 aromatic heterocycles. The van der Waals surface area contributed by atoms with Crippen LogP contribution >= 0.6 is 11.8 Å². The predicted octanol–water partition coefficient (Wildman–Crippen LogP) is 2.68. The van der Waals surface area contributed by atoms with Crippen LogP contribution in [0.4, 0.5) is 5.69 Å². The molecule has 2 aliphatic rings. The molecule has 1 heterocycles. The standard InChI is InChI=1S/C15H20N2O3S2/c1-17(11-5-3-2-4-6-11)22(19,20)12-7-8-14-13(9-12)16-15(18)10-21-14/h7-9,11H,2-6,10H2,1H3,(H,16,18). The highest BCUT2D eigenvalue weighted by Gasteiger charge is 2.30. The molecule has 1 N–H and O–H groups in total. The lowest BCUT2D eigenvalue weighted by Crippen LogP contribution is -2.38. The molecule has 1 saturated carbocycles. The topological polar surface area (TPSA) is 66.5 Å². The third-order valence-corrected chi connectivity index (χ3v) is 7.33. The molecule has 1 amide bonds. The summed E-state index contributed by atoms with van der Waals surface area (Å²) in [6, 6.07) is 5.08. The van der Waals surface area contributed by atoms with Crippen molar-refractivity contribution in [2.75, 3.05) is 18.1 Å². The Hall–Kier alpha value is -1.05. The maximum Gasteiger partial charge on any atom is 0.243 e. The van der Waals surface area contributed by atoms with Crippen LogP contribution in [0, 0.1) is 0 Å². The summed E-state index contributed by atoms with van der Waals surface area (Å²) < 4.78 is 27.1. The van der Waals surface area contributed by atoms with E-state index in [-0.39, 0.29) is 16.8 Å². The van der Waals surface area contributed by atoms with Crippen LogP contribution < -0.4 is 5.32 Å². The van der Waals surface area contributed by atoms with Gasteiger partial charge in [0.15, 0.2) is 0 Å². The average Bonchev–Trinajstić information content (AvgIpc) is 2.54. The largest absolute Gasteiger partial charge is 0.324 e. The van der Waals surface area contributed by atoms with Crippen molar-refractivity contribution < 1.29 is 13.2 Å². The fourth-order valence-corrected chi connectivity index (χ4v) is 5.26. The molecule has 5 nitrogen and oxygen atoms in total. The molecule has 0 atom stereocenters. The number of hydrogen-bond acceptors (Lipinski definition) is 4. The van der Waals surface area contributed by atoms with Crippen molar-refractivity contribution in [3.8, 4) is 0 Å². The van der Waals surface area contributed by atoms with Crippen molar-refractivity contribution in [1.82, 2.24) is 4.31 Å². The molecule has 3 rings (SSSR count). The van der Waals surface area contributed by atoms with Crippen molar-refractivity contribution >= 4 is 33.4 Å². The van der Waals surface area contributed by atoms with E-state index in [4.69, 9.17) is 0 Å². The molecule has 22 heavy (non-hydrogen) atoms. The van der Waals surface area contributed by atoms with Crippen molar-refractivity contribution in [2.45, 2.75) is 47.9 Å². The van der Waals surface area contributed by atoms with E-state index in [9.17, 15) is 13.2 Å².